The molecule has 4 rings (SSSR count). The van der Waals surface area contributed by atoms with E-state index in [-0.39, 0.29) is 18.2 Å². The van der Waals surface area contributed by atoms with Crippen molar-refractivity contribution in [2.45, 2.75) is 13.5 Å². The minimum Gasteiger partial charge on any atom is -0.321 e. The first-order chi connectivity index (χ1) is 14.4. The van der Waals surface area contributed by atoms with Crippen LogP contribution in [-0.4, -0.2) is 21.2 Å². The summed E-state index contributed by atoms with van der Waals surface area (Å²) >= 11 is 1.13. The number of benzene rings is 2. The van der Waals surface area contributed by atoms with Crippen LogP contribution < -0.4 is 10.9 Å². The number of aromatic nitrogens is 2. The number of ketones is 1. The number of anilines is 1. The van der Waals surface area contributed by atoms with Gasteiger partial charge in [0.1, 0.15) is 10.6 Å². The zero-order chi connectivity index (χ0) is 21.3. The van der Waals surface area contributed by atoms with Gasteiger partial charge in [0.25, 0.3) is 11.5 Å². The maximum Gasteiger partial charge on any atom is 0.266 e. The van der Waals surface area contributed by atoms with E-state index in [0.29, 0.717) is 31.9 Å². The van der Waals surface area contributed by atoms with Crippen LogP contribution in [0.25, 0.3) is 10.2 Å². The highest BCUT2D eigenvalue weighted by Crippen LogP contribution is 2.27. The van der Waals surface area contributed by atoms with Crippen molar-refractivity contribution in [1.29, 1.82) is 0 Å². The molecule has 8 heteroatoms. The molecule has 4 aromatic rings. The predicted molar refractivity (Wildman–Crippen MR) is 114 cm³/mol. The molecule has 30 heavy (non-hydrogen) atoms. The third-order valence-electron chi connectivity index (χ3n) is 4.64. The van der Waals surface area contributed by atoms with E-state index in [9.17, 15) is 18.8 Å². The SMILES string of the molecule is Cc1c(C(=O)Nc2ccccc2)sc2ncn(CC(=O)c3ccc(F)cc3)c(=O)c12. The zero-order valence-electron chi connectivity index (χ0n) is 15.9. The van der Waals surface area contributed by atoms with Gasteiger partial charge in [-0.3, -0.25) is 19.0 Å². The Labute approximate surface area is 174 Å². The summed E-state index contributed by atoms with van der Waals surface area (Å²) in [4.78, 5) is 43.1. The lowest BCUT2D eigenvalue weighted by atomic mass is 10.1. The first-order valence-corrected chi connectivity index (χ1v) is 9.89. The molecule has 0 saturated heterocycles. The van der Waals surface area contributed by atoms with Crippen LogP contribution in [0, 0.1) is 12.7 Å². The second kappa shape index (κ2) is 8.00. The van der Waals surface area contributed by atoms with Gasteiger partial charge in [0, 0.05) is 11.3 Å². The first-order valence-electron chi connectivity index (χ1n) is 9.08. The molecule has 0 aliphatic rings. The van der Waals surface area contributed by atoms with Crippen molar-refractivity contribution in [1.82, 2.24) is 9.55 Å². The molecule has 0 aliphatic heterocycles. The predicted octanol–water partition coefficient (Wildman–Crippen LogP) is 4.04. The smallest absolute Gasteiger partial charge is 0.266 e. The molecule has 2 aromatic carbocycles. The van der Waals surface area contributed by atoms with Crippen LogP contribution in [0.15, 0.2) is 65.7 Å². The van der Waals surface area contributed by atoms with Crippen molar-refractivity contribution in [3.8, 4) is 0 Å². The van der Waals surface area contributed by atoms with E-state index in [1.165, 1.54) is 35.2 Å². The Morgan fingerprint density at radius 3 is 2.50 bits per heavy atom. The van der Waals surface area contributed by atoms with Gasteiger partial charge in [-0.2, -0.15) is 0 Å². The summed E-state index contributed by atoms with van der Waals surface area (Å²) in [5.41, 5.74) is 1.07. The van der Waals surface area contributed by atoms with E-state index in [1.54, 1.807) is 19.1 Å². The first kappa shape index (κ1) is 19.7. The van der Waals surface area contributed by atoms with Crippen LogP contribution >= 0.6 is 11.3 Å². The number of aryl methyl sites for hydroxylation is 1. The topological polar surface area (TPSA) is 81.1 Å². The quantitative estimate of drug-likeness (QED) is 0.493. The fourth-order valence-corrected chi connectivity index (χ4v) is 4.11. The molecule has 150 valence electrons. The van der Waals surface area contributed by atoms with Crippen molar-refractivity contribution < 1.29 is 14.0 Å². The number of carbonyl (C=O) groups is 2. The van der Waals surface area contributed by atoms with E-state index in [2.05, 4.69) is 10.3 Å². The van der Waals surface area contributed by atoms with Crippen LogP contribution in [0.2, 0.25) is 0 Å². The number of Topliss-reactive ketones (excluding diaryl/α,β-unsaturated/α-hetero) is 1. The fourth-order valence-electron chi connectivity index (χ4n) is 3.08. The number of nitrogens with one attached hydrogen (secondary N) is 1. The van der Waals surface area contributed by atoms with Gasteiger partial charge >= 0.3 is 0 Å². The highest BCUT2D eigenvalue weighted by atomic mass is 32.1. The van der Waals surface area contributed by atoms with E-state index in [1.807, 2.05) is 18.2 Å². The van der Waals surface area contributed by atoms with Gasteiger partial charge < -0.3 is 5.32 Å². The fraction of sp³-hybridized carbons (Fsp3) is 0.0909. The molecule has 0 aliphatic carbocycles. The number of hydrogen-bond donors (Lipinski definition) is 1. The van der Waals surface area contributed by atoms with Crippen molar-refractivity contribution >= 4 is 38.9 Å². The molecule has 0 fully saturated rings. The molecule has 2 heterocycles. The number of amides is 1. The molecule has 1 N–H and O–H groups in total. The standard InChI is InChI=1S/C22H16FN3O3S/c1-13-18-21(30-19(13)20(28)25-16-5-3-2-4-6-16)24-12-26(22(18)29)11-17(27)14-7-9-15(23)10-8-14/h2-10,12H,11H2,1H3,(H,25,28). The average molecular weight is 421 g/mol. The van der Waals surface area contributed by atoms with Gasteiger partial charge in [-0.1, -0.05) is 18.2 Å². The summed E-state index contributed by atoms with van der Waals surface area (Å²) in [6.45, 7) is 1.46. The third kappa shape index (κ3) is 3.77. The van der Waals surface area contributed by atoms with E-state index in [0.717, 1.165) is 11.3 Å². The van der Waals surface area contributed by atoms with Gasteiger partial charge in [0.15, 0.2) is 5.78 Å². The van der Waals surface area contributed by atoms with Crippen LogP contribution in [0.3, 0.4) is 0 Å². The Kier molecular flexibility index (Phi) is 5.24. The Morgan fingerprint density at radius 1 is 1.10 bits per heavy atom. The van der Waals surface area contributed by atoms with Gasteiger partial charge in [0.2, 0.25) is 0 Å². The van der Waals surface area contributed by atoms with Gasteiger partial charge in [0.05, 0.1) is 23.1 Å². The zero-order valence-corrected chi connectivity index (χ0v) is 16.7. The Morgan fingerprint density at radius 2 is 1.80 bits per heavy atom. The van der Waals surface area contributed by atoms with Gasteiger partial charge in [-0.05, 0) is 48.9 Å². The summed E-state index contributed by atoms with van der Waals surface area (Å²) in [6.07, 6.45) is 1.29. The second-order valence-electron chi connectivity index (χ2n) is 6.66. The monoisotopic (exact) mass is 421 g/mol. The number of fused-ring (bicyclic) bond motifs is 1. The molecule has 0 atom stereocenters. The number of rotatable bonds is 5. The molecule has 0 bridgehead atoms. The number of carbonyl (C=O) groups excluding carboxylic acids is 2. The minimum absolute atomic E-state index is 0.228. The number of halogens is 1. The Balaban J connectivity index is 1.65. The maximum atomic E-state index is 13.1. The van der Waals surface area contributed by atoms with E-state index in [4.69, 9.17) is 0 Å². The summed E-state index contributed by atoms with van der Waals surface area (Å²) in [7, 11) is 0. The van der Waals surface area contributed by atoms with Crippen molar-refractivity contribution in [2.75, 3.05) is 5.32 Å². The lowest BCUT2D eigenvalue weighted by Gasteiger charge is -2.05. The average Bonchev–Trinajstić information content (AvgIpc) is 3.08. The van der Waals surface area contributed by atoms with Gasteiger partial charge in [-0.25, -0.2) is 9.37 Å². The molecule has 0 radical (unpaired) electrons. The second-order valence-corrected chi connectivity index (χ2v) is 7.66. The maximum absolute atomic E-state index is 13.1. The molecule has 0 spiro atoms. The molecule has 6 nitrogen and oxygen atoms in total. The number of nitrogens with zero attached hydrogens (tertiary/aromatic N) is 2. The van der Waals surface area contributed by atoms with Crippen LogP contribution in [-0.2, 0) is 6.54 Å². The third-order valence-corrected chi connectivity index (χ3v) is 5.83. The Bertz CT molecular complexity index is 1310. The molecule has 2 aromatic heterocycles. The molecule has 0 saturated carbocycles. The molecule has 0 unspecified atom stereocenters. The summed E-state index contributed by atoms with van der Waals surface area (Å²) in [5, 5.41) is 3.12. The van der Waals surface area contributed by atoms with Gasteiger partial charge in [-0.15, -0.1) is 11.3 Å². The molecule has 1 amide bonds. The van der Waals surface area contributed by atoms with Crippen LogP contribution in [0.4, 0.5) is 10.1 Å². The van der Waals surface area contributed by atoms with Crippen molar-refractivity contribution in [2.24, 2.45) is 0 Å². The van der Waals surface area contributed by atoms with E-state index < -0.39 is 11.4 Å². The molecular formula is C22H16FN3O3S. The van der Waals surface area contributed by atoms with Crippen molar-refractivity contribution in [3.05, 3.63) is 93.1 Å². The van der Waals surface area contributed by atoms with E-state index >= 15 is 0 Å². The normalized spacial score (nSPS) is 10.9. The molecular weight excluding hydrogens is 405 g/mol. The van der Waals surface area contributed by atoms with Crippen LogP contribution in [0.5, 0.6) is 0 Å². The van der Waals surface area contributed by atoms with Crippen LogP contribution in [0.1, 0.15) is 25.6 Å². The van der Waals surface area contributed by atoms with Crippen molar-refractivity contribution in [3.63, 3.8) is 0 Å². The highest BCUT2D eigenvalue weighted by molar-refractivity contribution is 7.20. The lowest BCUT2D eigenvalue weighted by Crippen LogP contribution is -2.24. The number of para-hydroxylation sites is 1. The summed E-state index contributed by atoms with van der Waals surface area (Å²) in [6, 6.07) is 14.1. The highest BCUT2D eigenvalue weighted by Gasteiger charge is 2.20. The minimum atomic E-state index is -0.443. The number of hydrogen-bond acceptors (Lipinski definition) is 5. The Hall–Kier alpha value is -3.65. The lowest BCUT2D eigenvalue weighted by molar-refractivity contribution is 0.0969. The summed E-state index contributed by atoms with van der Waals surface area (Å²) in [5.74, 6) is -1.11. The number of thiophene rings is 1. The largest absolute Gasteiger partial charge is 0.321 e. The summed E-state index contributed by atoms with van der Waals surface area (Å²) < 4.78 is 14.3.